The molecule has 1 aliphatic rings. The average molecular weight is 382 g/mol. The van der Waals surface area contributed by atoms with Gasteiger partial charge in [-0.15, -0.1) is 0 Å². The van der Waals surface area contributed by atoms with Crippen LogP contribution in [0.25, 0.3) is 0 Å². The van der Waals surface area contributed by atoms with Gasteiger partial charge in [0.2, 0.25) is 5.82 Å². The van der Waals surface area contributed by atoms with E-state index in [0.717, 1.165) is 51.4 Å². The number of halogens is 2. The van der Waals surface area contributed by atoms with Gasteiger partial charge in [0.25, 0.3) is 0 Å². The van der Waals surface area contributed by atoms with Gasteiger partial charge in [0.15, 0.2) is 11.6 Å². The molecule has 0 N–H and O–H groups in total. The van der Waals surface area contributed by atoms with Crippen molar-refractivity contribution in [1.29, 1.82) is 0 Å². The summed E-state index contributed by atoms with van der Waals surface area (Å²) >= 11 is 0. The number of rotatable bonds is 10. The standard InChI is InChI=1S/C22H32F2O3/c1-3-5-6-14-26-15-18-12-13-19(21(24)20(18)23)27-22(25)17-10-8-16(7-4-2)9-11-17/h12-13,16-17H,3-11,14-15H2,1-2H3. The summed E-state index contributed by atoms with van der Waals surface area (Å²) in [5.74, 6) is -2.44. The number of carbonyl (C=O) groups excluding carboxylic acids is 1. The Bertz CT molecular complexity index is 595. The van der Waals surface area contributed by atoms with E-state index in [4.69, 9.17) is 9.47 Å². The molecule has 3 nitrogen and oxygen atoms in total. The first-order valence-electron chi connectivity index (χ1n) is 10.3. The molecule has 0 aliphatic heterocycles. The summed E-state index contributed by atoms with van der Waals surface area (Å²) in [5, 5.41) is 0. The maximum absolute atomic E-state index is 14.3. The van der Waals surface area contributed by atoms with E-state index in [2.05, 4.69) is 13.8 Å². The van der Waals surface area contributed by atoms with Gasteiger partial charge in [0, 0.05) is 12.2 Å². The highest BCUT2D eigenvalue weighted by atomic mass is 19.2. The van der Waals surface area contributed by atoms with Crippen molar-refractivity contribution in [3.05, 3.63) is 29.3 Å². The van der Waals surface area contributed by atoms with Gasteiger partial charge in [-0.2, -0.15) is 4.39 Å². The lowest BCUT2D eigenvalue weighted by Gasteiger charge is -2.26. The van der Waals surface area contributed by atoms with Gasteiger partial charge in [0.1, 0.15) is 0 Å². The minimum absolute atomic E-state index is 0.0160. The number of hydrogen-bond donors (Lipinski definition) is 0. The van der Waals surface area contributed by atoms with Crippen LogP contribution in [0, 0.1) is 23.5 Å². The van der Waals surface area contributed by atoms with Crippen LogP contribution in [0.15, 0.2) is 12.1 Å². The van der Waals surface area contributed by atoms with Crippen molar-refractivity contribution in [3.8, 4) is 5.75 Å². The average Bonchev–Trinajstić information content (AvgIpc) is 2.67. The molecule has 0 amide bonds. The lowest BCUT2D eigenvalue weighted by molar-refractivity contribution is -0.140. The van der Waals surface area contributed by atoms with Gasteiger partial charge in [-0.1, -0.05) is 39.5 Å². The topological polar surface area (TPSA) is 35.5 Å². The summed E-state index contributed by atoms with van der Waals surface area (Å²) in [4.78, 5) is 12.3. The Morgan fingerprint density at radius 2 is 1.78 bits per heavy atom. The second-order valence-electron chi connectivity index (χ2n) is 7.54. The zero-order chi connectivity index (χ0) is 19.6. The number of benzene rings is 1. The monoisotopic (exact) mass is 382 g/mol. The first-order chi connectivity index (χ1) is 13.1. The Morgan fingerprint density at radius 3 is 2.44 bits per heavy atom. The van der Waals surface area contributed by atoms with Crippen LogP contribution in [0.1, 0.15) is 77.2 Å². The zero-order valence-electron chi connectivity index (χ0n) is 16.6. The van der Waals surface area contributed by atoms with Crippen molar-refractivity contribution in [1.82, 2.24) is 0 Å². The van der Waals surface area contributed by atoms with E-state index in [0.29, 0.717) is 12.5 Å². The molecule has 1 aromatic carbocycles. The summed E-state index contributed by atoms with van der Waals surface area (Å²) in [6, 6.07) is 2.75. The van der Waals surface area contributed by atoms with Crippen LogP contribution in [0.3, 0.4) is 0 Å². The quantitative estimate of drug-likeness (QED) is 0.275. The minimum atomic E-state index is -1.11. The molecule has 1 fully saturated rings. The molecule has 1 aliphatic carbocycles. The van der Waals surface area contributed by atoms with Gasteiger partial charge in [-0.25, -0.2) is 4.39 Å². The van der Waals surface area contributed by atoms with Crippen molar-refractivity contribution in [2.45, 2.75) is 78.2 Å². The molecule has 0 atom stereocenters. The number of ether oxygens (including phenoxy) is 2. The normalized spacial score (nSPS) is 19.9. The fraction of sp³-hybridized carbons (Fsp3) is 0.682. The van der Waals surface area contributed by atoms with Crippen molar-refractivity contribution >= 4 is 5.97 Å². The molecule has 152 valence electrons. The third-order valence-corrected chi connectivity index (χ3v) is 5.36. The zero-order valence-corrected chi connectivity index (χ0v) is 16.6. The third-order valence-electron chi connectivity index (χ3n) is 5.36. The Balaban J connectivity index is 1.87. The summed E-state index contributed by atoms with van der Waals surface area (Å²) in [7, 11) is 0. The third kappa shape index (κ3) is 6.56. The fourth-order valence-electron chi connectivity index (χ4n) is 3.69. The molecule has 0 unspecified atom stereocenters. The molecule has 0 bridgehead atoms. The van der Waals surface area contributed by atoms with E-state index in [9.17, 15) is 13.6 Å². The SMILES string of the molecule is CCCCCOCc1ccc(OC(=O)C2CCC(CCC)CC2)c(F)c1F. The van der Waals surface area contributed by atoms with Crippen LogP contribution in [-0.4, -0.2) is 12.6 Å². The first kappa shape index (κ1) is 21.8. The molecule has 5 heteroatoms. The van der Waals surface area contributed by atoms with Crippen molar-refractivity contribution < 1.29 is 23.0 Å². The van der Waals surface area contributed by atoms with E-state index in [-0.39, 0.29) is 23.8 Å². The molecule has 2 rings (SSSR count). The van der Waals surface area contributed by atoms with Gasteiger partial charge < -0.3 is 9.47 Å². The fourth-order valence-corrected chi connectivity index (χ4v) is 3.69. The minimum Gasteiger partial charge on any atom is -0.423 e. The highest BCUT2D eigenvalue weighted by molar-refractivity contribution is 5.75. The first-order valence-corrected chi connectivity index (χ1v) is 10.3. The second kappa shape index (κ2) is 11.4. The molecule has 27 heavy (non-hydrogen) atoms. The highest BCUT2D eigenvalue weighted by Crippen LogP contribution is 2.33. The maximum atomic E-state index is 14.3. The van der Waals surface area contributed by atoms with E-state index in [1.807, 2.05) is 0 Å². The summed E-state index contributed by atoms with van der Waals surface area (Å²) in [6.45, 7) is 4.79. The van der Waals surface area contributed by atoms with Gasteiger partial charge in [-0.05, 0) is 50.2 Å². The summed E-state index contributed by atoms with van der Waals surface area (Å²) in [6.07, 6.45) is 8.88. The molecular formula is C22H32F2O3. The number of hydrogen-bond acceptors (Lipinski definition) is 3. The maximum Gasteiger partial charge on any atom is 0.314 e. The van der Waals surface area contributed by atoms with Crippen LogP contribution in [0.5, 0.6) is 5.75 Å². The van der Waals surface area contributed by atoms with Crippen molar-refractivity contribution in [3.63, 3.8) is 0 Å². The van der Waals surface area contributed by atoms with Gasteiger partial charge >= 0.3 is 5.97 Å². The Hall–Kier alpha value is -1.49. The largest absolute Gasteiger partial charge is 0.423 e. The van der Waals surface area contributed by atoms with Crippen LogP contribution >= 0.6 is 0 Å². The van der Waals surface area contributed by atoms with E-state index in [1.54, 1.807) is 0 Å². The van der Waals surface area contributed by atoms with Crippen LogP contribution in [0.4, 0.5) is 8.78 Å². The predicted octanol–water partition coefficient (Wildman–Crippen LogP) is 6.18. The van der Waals surface area contributed by atoms with Crippen LogP contribution in [-0.2, 0) is 16.1 Å². The predicted molar refractivity (Wildman–Crippen MR) is 102 cm³/mol. The summed E-state index contributed by atoms with van der Waals surface area (Å²) in [5.41, 5.74) is 0.142. The number of esters is 1. The molecule has 1 saturated carbocycles. The molecule has 0 heterocycles. The smallest absolute Gasteiger partial charge is 0.314 e. The number of unbranched alkanes of at least 4 members (excludes halogenated alkanes) is 2. The van der Waals surface area contributed by atoms with E-state index in [1.165, 1.54) is 18.6 Å². The van der Waals surface area contributed by atoms with Gasteiger partial charge in [-0.3, -0.25) is 4.79 Å². The molecule has 0 aromatic heterocycles. The Morgan fingerprint density at radius 1 is 1.04 bits per heavy atom. The van der Waals surface area contributed by atoms with Gasteiger partial charge in [0.05, 0.1) is 12.5 Å². The molecule has 1 aromatic rings. The molecule has 0 spiro atoms. The second-order valence-corrected chi connectivity index (χ2v) is 7.54. The van der Waals surface area contributed by atoms with E-state index < -0.39 is 17.6 Å². The van der Waals surface area contributed by atoms with E-state index >= 15 is 0 Å². The summed E-state index contributed by atoms with van der Waals surface area (Å²) < 4.78 is 39.1. The number of carbonyl (C=O) groups is 1. The lowest BCUT2D eigenvalue weighted by atomic mass is 9.80. The molecule has 0 saturated heterocycles. The van der Waals surface area contributed by atoms with Crippen LogP contribution in [0.2, 0.25) is 0 Å². The highest BCUT2D eigenvalue weighted by Gasteiger charge is 2.28. The Kier molecular flexibility index (Phi) is 9.19. The lowest BCUT2D eigenvalue weighted by Crippen LogP contribution is -2.26. The van der Waals surface area contributed by atoms with Crippen molar-refractivity contribution in [2.75, 3.05) is 6.61 Å². The molecule has 0 radical (unpaired) electrons. The van der Waals surface area contributed by atoms with Crippen LogP contribution < -0.4 is 4.74 Å². The van der Waals surface area contributed by atoms with Crippen molar-refractivity contribution in [2.24, 2.45) is 11.8 Å². The molecular weight excluding hydrogens is 350 g/mol. The Labute approximate surface area is 161 Å².